The molecule has 8 heteroatoms. The van der Waals surface area contributed by atoms with Crippen molar-refractivity contribution in [1.82, 2.24) is 10.2 Å². The molecule has 38 heavy (non-hydrogen) atoms. The number of fused-ring (bicyclic) bond motifs is 1. The number of para-hydroxylation sites is 1. The van der Waals surface area contributed by atoms with Crippen LogP contribution in [0.5, 0.6) is 0 Å². The second-order valence-electron chi connectivity index (χ2n) is 10.7. The standard InChI is InChI=1S/C30H30Cl3N3O2/c31-25-5-2-1-4-21(25)22-12-20(24-17-35(15-18-8-9-18)16-19(24)10-11-37)13-28-23(22)14-34-30(38)36(28)29-26(32)6-3-7-27(29)33/h1-7,12-13,18-19,24,37H,8-11,14-17H2,(H,34,38). The monoisotopic (exact) mass is 569 g/mol. The number of aliphatic hydroxyl groups excluding tert-OH is 1. The van der Waals surface area contributed by atoms with Crippen molar-refractivity contribution < 1.29 is 9.90 Å². The van der Waals surface area contributed by atoms with Gasteiger partial charge in [0, 0.05) is 54.9 Å². The summed E-state index contributed by atoms with van der Waals surface area (Å²) < 4.78 is 0. The summed E-state index contributed by atoms with van der Waals surface area (Å²) in [4.78, 5) is 17.5. The summed E-state index contributed by atoms with van der Waals surface area (Å²) in [5.41, 5.74) is 5.23. The molecular formula is C30H30Cl3N3O2. The average molecular weight is 571 g/mol. The molecular weight excluding hydrogens is 541 g/mol. The Morgan fingerprint density at radius 3 is 2.37 bits per heavy atom. The van der Waals surface area contributed by atoms with Gasteiger partial charge >= 0.3 is 6.03 Å². The Balaban J connectivity index is 1.53. The maximum Gasteiger partial charge on any atom is 0.326 e. The van der Waals surface area contributed by atoms with E-state index in [-0.39, 0.29) is 18.6 Å². The van der Waals surface area contributed by atoms with Crippen LogP contribution in [0, 0.1) is 11.8 Å². The van der Waals surface area contributed by atoms with Crippen LogP contribution in [-0.2, 0) is 6.54 Å². The van der Waals surface area contributed by atoms with Gasteiger partial charge < -0.3 is 15.3 Å². The molecule has 3 aromatic carbocycles. The van der Waals surface area contributed by atoms with Gasteiger partial charge in [-0.25, -0.2) is 4.79 Å². The van der Waals surface area contributed by atoms with Crippen LogP contribution in [0.2, 0.25) is 15.1 Å². The number of aliphatic hydroxyl groups is 1. The van der Waals surface area contributed by atoms with Gasteiger partial charge in [0.15, 0.2) is 0 Å². The summed E-state index contributed by atoms with van der Waals surface area (Å²) in [5, 5.41) is 14.4. The maximum absolute atomic E-state index is 13.4. The Bertz CT molecular complexity index is 1360. The van der Waals surface area contributed by atoms with Crippen molar-refractivity contribution in [1.29, 1.82) is 0 Å². The third-order valence-electron chi connectivity index (χ3n) is 8.09. The van der Waals surface area contributed by atoms with Crippen molar-refractivity contribution in [2.45, 2.75) is 31.7 Å². The summed E-state index contributed by atoms with van der Waals surface area (Å²) in [6.45, 7) is 3.54. The number of amides is 2. The Morgan fingerprint density at radius 1 is 0.921 bits per heavy atom. The number of urea groups is 1. The first-order valence-electron chi connectivity index (χ1n) is 13.2. The molecule has 0 spiro atoms. The van der Waals surface area contributed by atoms with E-state index in [0.717, 1.165) is 59.9 Å². The predicted molar refractivity (Wildman–Crippen MR) is 155 cm³/mol. The van der Waals surface area contributed by atoms with Gasteiger partial charge in [0.1, 0.15) is 0 Å². The van der Waals surface area contributed by atoms with E-state index in [1.54, 1.807) is 23.1 Å². The molecule has 6 rings (SSSR count). The van der Waals surface area contributed by atoms with E-state index in [1.165, 1.54) is 12.8 Å². The number of benzene rings is 3. The van der Waals surface area contributed by atoms with Crippen molar-refractivity contribution in [3.63, 3.8) is 0 Å². The number of nitrogens with zero attached hydrogens (tertiary/aromatic N) is 2. The minimum atomic E-state index is -0.275. The smallest absolute Gasteiger partial charge is 0.326 e. The summed E-state index contributed by atoms with van der Waals surface area (Å²) in [5.74, 6) is 1.35. The second-order valence-corrected chi connectivity index (χ2v) is 11.9. The van der Waals surface area contributed by atoms with Crippen molar-refractivity contribution in [2.75, 3.05) is 31.1 Å². The number of carbonyl (C=O) groups is 1. The van der Waals surface area contributed by atoms with Crippen molar-refractivity contribution in [2.24, 2.45) is 11.8 Å². The third-order valence-corrected chi connectivity index (χ3v) is 9.03. The van der Waals surface area contributed by atoms with Gasteiger partial charge in [-0.1, -0.05) is 65.1 Å². The molecule has 2 fully saturated rings. The van der Waals surface area contributed by atoms with Gasteiger partial charge in [0.05, 0.1) is 21.4 Å². The fourth-order valence-corrected chi connectivity index (χ4v) is 6.89. The molecule has 2 heterocycles. The van der Waals surface area contributed by atoms with Crippen LogP contribution < -0.4 is 10.2 Å². The lowest BCUT2D eigenvalue weighted by atomic mass is 9.83. The molecule has 198 valence electrons. The number of halogens is 3. The fourth-order valence-electron chi connectivity index (χ4n) is 6.09. The highest BCUT2D eigenvalue weighted by atomic mass is 35.5. The lowest BCUT2D eigenvalue weighted by molar-refractivity contribution is 0.246. The normalized spacial score (nSPS) is 21.5. The first kappa shape index (κ1) is 26.0. The fraction of sp³-hybridized carbons (Fsp3) is 0.367. The van der Waals surface area contributed by atoms with Gasteiger partial charge in [0.25, 0.3) is 0 Å². The van der Waals surface area contributed by atoms with Gasteiger partial charge in [-0.3, -0.25) is 4.90 Å². The predicted octanol–water partition coefficient (Wildman–Crippen LogP) is 7.48. The Kier molecular flexibility index (Phi) is 7.32. The molecule has 1 saturated heterocycles. The van der Waals surface area contributed by atoms with E-state index in [0.29, 0.717) is 33.2 Å². The summed E-state index contributed by atoms with van der Waals surface area (Å²) >= 11 is 20.0. The Morgan fingerprint density at radius 2 is 1.66 bits per heavy atom. The molecule has 2 unspecified atom stereocenters. The minimum Gasteiger partial charge on any atom is -0.396 e. The quantitative estimate of drug-likeness (QED) is 0.310. The van der Waals surface area contributed by atoms with E-state index in [2.05, 4.69) is 22.3 Å². The molecule has 0 aromatic heterocycles. The molecule has 2 N–H and O–H groups in total. The van der Waals surface area contributed by atoms with Crippen molar-refractivity contribution in [3.05, 3.63) is 80.8 Å². The molecule has 0 radical (unpaired) electrons. The van der Waals surface area contributed by atoms with Crippen LogP contribution in [-0.4, -0.2) is 42.3 Å². The van der Waals surface area contributed by atoms with Crippen LogP contribution in [0.1, 0.15) is 36.3 Å². The number of nitrogens with one attached hydrogen (secondary N) is 1. The van der Waals surface area contributed by atoms with Crippen LogP contribution in [0.15, 0.2) is 54.6 Å². The Labute approximate surface area is 238 Å². The Hall–Kier alpha value is -2.28. The second kappa shape index (κ2) is 10.7. The molecule has 1 saturated carbocycles. The summed E-state index contributed by atoms with van der Waals surface area (Å²) in [6.07, 6.45) is 3.36. The van der Waals surface area contributed by atoms with E-state index in [4.69, 9.17) is 34.8 Å². The van der Waals surface area contributed by atoms with E-state index >= 15 is 0 Å². The highest BCUT2D eigenvalue weighted by molar-refractivity contribution is 6.40. The van der Waals surface area contributed by atoms with Gasteiger partial charge in [-0.05, 0) is 66.5 Å². The number of likely N-dealkylation sites (tertiary alicyclic amines) is 1. The van der Waals surface area contributed by atoms with Gasteiger partial charge in [-0.2, -0.15) is 0 Å². The zero-order valence-electron chi connectivity index (χ0n) is 21.0. The van der Waals surface area contributed by atoms with Crippen LogP contribution in [0.3, 0.4) is 0 Å². The highest BCUT2D eigenvalue weighted by Crippen LogP contribution is 2.47. The molecule has 3 aliphatic rings. The molecule has 2 amide bonds. The average Bonchev–Trinajstić information content (AvgIpc) is 3.63. The molecule has 2 atom stereocenters. The van der Waals surface area contributed by atoms with Crippen LogP contribution in [0.4, 0.5) is 16.2 Å². The molecule has 1 aliphatic carbocycles. The van der Waals surface area contributed by atoms with Gasteiger partial charge in [-0.15, -0.1) is 0 Å². The summed E-state index contributed by atoms with van der Waals surface area (Å²) in [6, 6.07) is 17.2. The topological polar surface area (TPSA) is 55.8 Å². The van der Waals surface area contributed by atoms with Crippen LogP contribution >= 0.6 is 34.8 Å². The maximum atomic E-state index is 13.4. The van der Waals surface area contributed by atoms with Gasteiger partial charge in [0.2, 0.25) is 0 Å². The van der Waals surface area contributed by atoms with Crippen LogP contribution in [0.25, 0.3) is 11.1 Å². The first-order chi connectivity index (χ1) is 18.4. The molecule has 5 nitrogen and oxygen atoms in total. The third kappa shape index (κ3) is 4.91. The molecule has 0 bridgehead atoms. The number of hydrogen-bond donors (Lipinski definition) is 2. The highest BCUT2D eigenvalue weighted by Gasteiger charge is 2.38. The minimum absolute atomic E-state index is 0.157. The SMILES string of the molecule is O=C1NCc2c(-c3ccccc3Cl)cc(C3CN(CC4CC4)CC3CCO)cc2N1c1c(Cl)cccc1Cl. The number of anilines is 2. The van der Waals surface area contributed by atoms with E-state index in [1.807, 2.05) is 24.3 Å². The number of carbonyl (C=O) groups excluding carboxylic acids is 1. The molecule has 2 aliphatic heterocycles. The number of hydrogen-bond acceptors (Lipinski definition) is 3. The van der Waals surface area contributed by atoms with Crippen molar-refractivity contribution in [3.8, 4) is 11.1 Å². The van der Waals surface area contributed by atoms with E-state index in [9.17, 15) is 9.90 Å². The lowest BCUT2D eigenvalue weighted by Crippen LogP contribution is -2.42. The zero-order chi connectivity index (χ0) is 26.4. The zero-order valence-corrected chi connectivity index (χ0v) is 23.2. The first-order valence-corrected chi connectivity index (χ1v) is 14.3. The largest absolute Gasteiger partial charge is 0.396 e. The molecule has 3 aromatic rings. The lowest BCUT2D eigenvalue weighted by Gasteiger charge is -2.34. The van der Waals surface area contributed by atoms with E-state index < -0.39 is 0 Å². The summed E-state index contributed by atoms with van der Waals surface area (Å²) in [7, 11) is 0. The number of rotatable bonds is 7. The van der Waals surface area contributed by atoms with Crippen molar-refractivity contribution >= 4 is 52.2 Å².